The van der Waals surface area contributed by atoms with Gasteiger partial charge in [-0.25, -0.2) is 9.67 Å². The first-order chi connectivity index (χ1) is 13.0. The third-order valence-corrected chi connectivity index (χ3v) is 4.69. The molecule has 0 bridgehead atoms. The number of hydrogen-bond acceptors (Lipinski definition) is 3. The van der Waals surface area contributed by atoms with Crippen LogP contribution < -0.4 is 5.56 Å². The Morgan fingerprint density at radius 3 is 2.74 bits per heavy atom. The van der Waals surface area contributed by atoms with Crippen molar-refractivity contribution >= 4 is 45.2 Å². The molecule has 0 atom stereocenters. The van der Waals surface area contributed by atoms with Crippen LogP contribution in [0.2, 0.25) is 5.02 Å². The molecule has 0 amide bonds. The van der Waals surface area contributed by atoms with Crippen molar-refractivity contribution in [2.24, 2.45) is 0 Å². The highest BCUT2D eigenvalue weighted by Crippen LogP contribution is 2.21. The van der Waals surface area contributed by atoms with Crippen LogP contribution >= 0.6 is 23.2 Å². The molecule has 4 aromatic rings. The number of aromatic amines is 1. The fourth-order valence-electron chi connectivity index (χ4n) is 2.78. The summed E-state index contributed by atoms with van der Waals surface area (Å²) in [6.07, 6.45) is 5.22. The Hall–Kier alpha value is -2.89. The quantitative estimate of drug-likeness (QED) is 0.540. The molecule has 0 fully saturated rings. The van der Waals surface area contributed by atoms with E-state index in [9.17, 15) is 4.79 Å². The Kier molecular flexibility index (Phi) is 4.56. The van der Waals surface area contributed by atoms with Gasteiger partial charge in [0, 0.05) is 16.8 Å². The van der Waals surface area contributed by atoms with E-state index in [0.717, 1.165) is 16.8 Å². The van der Waals surface area contributed by atoms with Crippen LogP contribution in [-0.2, 0) is 0 Å². The lowest BCUT2D eigenvalue weighted by Crippen LogP contribution is -2.11. The van der Waals surface area contributed by atoms with Crippen molar-refractivity contribution in [2.75, 3.05) is 0 Å². The second kappa shape index (κ2) is 7.02. The van der Waals surface area contributed by atoms with Crippen molar-refractivity contribution in [3.05, 3.63) is 87.2 Å². The number of rotatable bonds is 3. The van der Waals surface area contributed by atoms with Crippen LogP contribution in [0.4, 0.5) is 0 Å². The maximum atomic E-state index is 12.3. The number of nitrogens with one attached hydrogen (secondary N) is 1. The molecular formula is C20H14Cl2N4O. The lowest BCUT2D eigenvalue weighted by atomic mass is 10.1. The number of aryl methyl sites for hydroxylation is 1. The van der Waals surface area contributed by atoms with E-state index < -0.39 is 0 Å². The second-order valence-corrected chi connectivity index (χ2v) is 6.92. The number of benzene rings is 2. The van der Waals surface area contributed by atoms with E-state index in [0.29, 0.717) is 26.8 Å². The van der Waals surface area contributed by atoms with Gasteiger partial charge in [0.1, 0.15) is 0 Å². The molecule has 0 aliphatic rings. The predicted molar refractivity (Wildman–Crippen MR) is 109 cm³/mol. The van der Waals surface area contributed by atoms with Crippen molar-refractivity contribution in [3.8, 4) is 5.69 Å². The van der Waals surface area contributed by atoms with E-state index in [1.807, 2.05) is 37.4 Å². The molecule has 0 saturated heterocycles. The van der Waals surface area contributed by atoms with E-state index in [1.165, 1.54) is 0 Å². The van der Waals surface area contributed by atoms with Gasteiger partial charge < -0.3 is 4.98 Å². The second-order valence-electron chi connectivity index (χ2n) is 6.07. The minimum atomic E-state index is -0.220. The molecule has 0 unspecified atom stereocenters. The molecule has 0 radical (unpaired) electrons. The van der Waals surface area contributed by atoms with Crippen LogP contribution in [0.25, 0.3) is 27.7 Å². The van der Waals surface area contributed by atoms with E-state index in [4.69, 9.17) is 23.2 Å². The summed E-state index contributed by atoms with van der Waals surface area (Å²) in [7, 11) is 0. The minimum absolute atomic E-state index is 0.220. The Labute approximate surface area is 164 Å². The molecule has 2 heterocycles. The van der Waals surface area contributed by atoms with Crippen LogP contribution in [0, 0.1) is 6.92 Å². The molecule has 0 aliphatic heterocycles. The summed E-state index contributed by atoms with van der Waals surface area (Å²) in [6, 6.07) is 12.8. The molecule has 2 aromatic heterocycles. The lowest BCUT2D eigenvalue weighted by Gasteiger charge is -2.04. The van der Waals surface area contributed by atoms with Gasteiger partial charge in [-0.1, -0.05) is 35.3 Å². The van der Waals surface area contributed by atoms with Gasteiger partial charge in [-0.05, 0) is 48.9 Å². The van der Waals surface area contributed by atoms with Crippen molar-refractivity contribution in [1.82, 2.24) is 19.7 Å². The first-order valence-electron chi connectivity index (χ1n) is 8.19. The average Bonchev–Trinajstić information content (AvgIpc) is 3.11. The maximum absolute atomic E-state index is 12.3. The van der Waals surface area contributed by atoms with Gasteiger partial charge in [0.25, 0.3) is 5.56 Å². The third kappa shape index (κ3) is 3.52. The van der Waals surface area contributed by atoms with Crippen LogP contribution in [0.1, 0.15) is 17.0 Å². The van der Waals surface area contributed by atoms with Gasteiger partial charge in [-0.15, -0.1) is 0 Å². The molecular weight excluding hydrogens is 383 g/mol. The summed E-state index contributed by atoms with van der Waals surface area (Å²) in [5.74, 6) is 0.322. The van der Waals surface area contributed by atoms with E-state index in [-0.39, 0.29) is 5.56 Å². The topological polar surface area (TPSA) is 63.6 Å². The zero-order chi connectivity index (χ0) is 19.0. The SMILES string of the molecule is Cc1cccc2c(=O)[nH]c(/C(Cl)=C/c3cnn(-c4ccc(Cl)cc4)c3)nc12. The molecule has 0 aliphatic carbocycles. The molecule has 5 nitrogen and oxygen atoms in total. The van der Waals surface area contributed by atoms with Crippen LogP contribution in [0.15, 0.2) is 59.7 Å². The van der Waals surface area contributed by atoms with E-state index in [1.54, 1.807) is 35.2 Å². The van der Waals surface area contributed by atoms with Crippen molar-refractivity contribution in [3.63, 3.8) is 0 Å². The monoisotopic (exact) mass is 396 g/mol. The highest BCUT2D eigenvalue weighted by molar-refractivity contribution is 6.50. The zero-order valence-electron chi connectivity index (χ0n) is 14.3. The Balaban J connectivity index is 1.71. The molecule has 7 heteroatoms. The maximum Gasteiger partial charge on any atom is 0.259 e. The first kappa shape index (κ1) is 17.5. The summed E-state index contributed by atoms with van der Waals surface area (Å²) in [5, 5.41) is 5.85. The average molecular weight is 397 g/mol. The summed E-state index contributed by atoms with van der Waals surface area (Å²) >= 11 is 12.3. The highest BCUT2D eigenvalue weighted by atomic mass is 35.5. The molecule has 27 heavy (non-hydrogen) atoms. The van der Waals surface area contributed by atoms with Gasteiger partial charge in [-0.2, -0.15) is 5.10 Å². The van der Waals surface area contributed by atoms with Gasteiger partial charge >= 0.3 is 0 Å². The molecule has 1 N–H and O–H groups in total. The summed E-state index contributed by atoms with van der Waals surface area (Å²) < 4.78 is 1.72. The Morgan fingerprint density at radius 1 is 1.19 bits per heavy atom. The zero-order valence-corrected chi connectivity index (χ0v) is 15.8. The van der Waals surface area contributed by atoms with Crippen LogP contribution in [0.3, 0.4) is 0 Å². The van der Waals surface area contributed by atoms with Crippen LogP contribution in [-0.4, -0.2) is 19.7 Å². The standard InChI is InChI=1S/C20H14Cl2N4O/c1-12-3-2-4-16-18(12)24-19(25-20(16)27)17(22)9-13-10-23-26(11-13)15-7-5-14(21)6-8-15/h2-11H,1H3,(H,24,25,27)/b17-9-. The minimum Gasteiger partial charge on any atom is -0.305 e. The van der Waals surface area contributed by atoms with Crippen LogP contribution in [0.5, 0.6) is 0 Å². The van der Waals surface area contributed by atoms with E-state index >= 15 is 0 Å². The van der Waals surface area contributed by atoms with Gasteiger partial charge in [0.2, 0.25) is 0 Å². The molecule has 0 saturated carbocycles. The summed E-state index contributed by atoms with van der Waals surface area (Å²) in [5.41, 5.74) is 2.99. The summed E-state index contributed by atoms with van der Waals surface area (Å²) in [6.45, 7) is 1.91. The van der Waals surface area contributed by atoms with Gasteiger partial charge in [0.15, 0.2) is 5.82 Å². The third-order valence-electron chi connectivity index (χ3n) is 4.15. The van der Waals surface area contributed by atoms with Gasteiger partial charge in [0.05, 0.1) is 27.8 Å². The number of fused-ring (bicyclic) bond motifs is 1. The number of nitrogens with zero attached hydrogens (tertiary/aromatic N) is 3. The van der Waals surface area contributed by atoms with Crippen molar-refractivity contribution in [2.45, 2.75) is 6.92 Å². The number of aromatic nitrogens is 4. The molecule has 0 spiro atoms. The lowest BCUT2D eigenvalue weighted by molar-refractivity contribution is 0.880. The number of hydrogen-bond donors (Lipinski definition) is 1. The fraction of sp³-hybridized carbons (Fsp3) is 0.0500. The first-order valence-corrected chi connectivity index (χ1v) is 8.95. The van der Waals surface area contributed by atoms with Crippen molar-refractivity contribution < 1.29 is 0 Å². The molecule has 134 valence electrons. The van der Waals surface area contributed by atoms with Crippen molar-refractivity contribution in [1.29, 1.82) is 0 Å². The number of halogens is 2. The smallest absolute Gasteiger partial charge is 0.259 e. The number of para-hydroxylation sites is 1. The normalized spacial score (nSPS) is 11.9. The Morgan fingerprint density at radius 2 is 1.96 bits per heavy atom. The number of H-pyrrole nitrogens is 1. The molecule has 2 aromatic carbocycles. The Bertz CT molecular complexity index is 1220. The fourth-order valence-corrected chi connectivity index (χ4v) is 3.12. The molecule has 4 rings (SSSR count). The highest BCUT2D eigenvalue weighted by Gasteiger charge is 2.09. The summed E-state index contributed by atoms with van der Waals surface area (Å²) in [4.78, 5) is 19.6. The van der Waals surface area contributed by atoms with Gasteiger partial charge in [-0.3, -0.25) is 4.79 Å². The van der Waals surface area contributed by atoms with E-state index in [2.05, 4.69) is 15.1 Å². The largest absolute Gasteiger partial charge is 0.305 e. The predicted octanol–water partition coefficient (Wildman–Crippen LogP) is 4.81.